The van der Waals surface area contributed by atoms with Crippen LogP contribution in [0.4, 0.5) is 5.69 Å². The predicted octanol–water partition coefficient (Wildman–Crippen LogP) is 1.12. The number of carbonyl (C=O) groups excluding carboxylic acids is 2. The lowest BCUT2D eigenvalue weighted by molar-refractivity contribution is -0.133. The summed E-state index contributed by atoms with van der Waals surface area (Å²) in [5, 5.41) is 12.9. The van der Waals surface area contributed by atoms with Crippen LogP contribution in [-0.4, -0.2) is 37.8 Å². The molecule has 3 N–H and O–H groups in total. The minimum atomic E-state index is -0.891. The van der Waals surface area contributed by atoms with E-state index >= 15 is 0 Å². The van der Waals surface area contributed by atoms with E-state index in [1.54, 1.807) is 48.5 Å². The van der Waals surface area contributed by atoms with Crippen molar-refractivity contribution in [2.24, 2.45) is 5.73 Å². The summed E-state index contributed by atoms with van der Waals surface area (Å²) in [5.41, 5.74) is 6.88. The van der Waals surface area contributed by atoms with Gasteiger partial charge in [0.15, 0.2) is 0 Å². The molecule has 1 atom stereocenters. The van der Waals surface area contributed by atoms with Gasteiger partial charge in [-0.3, -0.25) is 14.2 Å². The summed E-state index contributed by atoms with van der Waals surface area (Å²) < 4.78 is 16.3. The quantitative estimate of drug-likeness (QED) is 0.462. The first-order valence-corrected chi connectivity index (χ1v) is 11.7. The molecule has 2 heterocycles. The number of nitriles is 1. The fourth-order valence-electron chi connectivity index (χ4n) is 3.94. The van der Waals surface area contributed by atoms with Crippen molar-refractivity contribution in [1.29, 1.82) is 5.26 Å². The summed E-state index contributed by atoms with van der Waals surface area (Å²) in [4.78, 5) is 38.8. The van der Waals surface area contributed by atoms with Gasteiger partial charge < -0.3 is 25.3 Å². The highest BCUT2D eigenvalue weighted by atomic mass is 32.1. The number of hydrogen-bond acceptors (Lipinski definition) is 9. The van der Waals surface area contributed by atoms with Crippen molar-refractivity contribution in [1.82, 2.24) is 4.57 Å². The summed E-state index contributed by atoms with van der Waals surface area (Å²) in [5.74, 6) is -1.11. The van der Waals surface area contributed by atoms with Crippen molar-refractivity contribution < 1.29 is 23.8 Å². The molecule has 10 nitrogen and oxygen atoms in total. The number of hydrogen-bond donors (Lipinski definition) is 2. The Balaban J connectivity index is 2.00. The van der Waals surface area contributed by atoms with E-state index in [-0.39, 0.29) is 26.2 Å². The van der Waals surface area contributed by atoms with Gasteiger partial charge in [-0.05, 0) is 42.0 Å². The molecule has 1 amide bonds. The molecule has 0 fully saturated rings. The summed E-state index contributed by atoms with van der Waals surface area (Å²) in [6.07, 6.45) is 1.03. The smallest absolute Gasteiger partial charge is 0.332 e. The van der Waals surface area contributed by atoms with E-state index in [2.05, 4.69) is 16.1 Å². The first-order valence-electron chi connectivity index (χ1n) is 10.9. The zero-order valence-electron chi connectivity index (χ0n) is 20.1. The Kier molecular flexibility index (Phi) is 7.13. The van der Waals surface area contributed by atoms with E-state index < -0.39 is 23.4 Å². The molecule has 1 aliphatic rings. The van der Waals surface area contributed by atoms with Gasteiger partial charge in [0.2, 0.25) is 0 Å². The topological polar surface area (TPSA) is 146 Å². The first-order chi connectivity index (χ1) is 17.8. The maximum atomic E-state index is 13.8. The molecular formula is C26H22N4O6S. The summed E-state index contributed by atoms with van der Waals surface area (Å²) in [6, 6.07) is 15.6. The maximum Gasteiger partial charge on any atom is 0.332 e. The van der Waals surface area contributed by atoms with E-state index in [9.17, 15) is 19.6 Å². The van der Waals surface area contributed by atoms with Crippen LogP contribution in [0.15, 0.2) is 58.9 Å². The van der Waals surface area contributed by atoms with Crippen LogP contribution >= 0.6 is 11.3 Å². The fourth-order valence-corrected chi connectivity index (χ4v) is 5.07. The Morgan fingerprint density at radius 2 is 1.65 bits per heavy atom. The lowest BCUT2D eigenvalue weighted by atomic mass is 9.83. The fraction of sp³-hybridized carbons (Fsp3) is 0.154. The molecule has 0 bridgehead atoms. The zero-order chi connectivity index (χ0) is 26.7. The predicted molar refractivity (Wildman–Crippen MR) is 138 cm³/mol. The van der Waals surface area contributed by atoms with E-state index in [1.807, 2.05) is 0 Å². The molecule has 1 unspecified atom stereocenters. The van der Waals surface area contributed by atoms with Gasteiger partial charge in [-0.2, -0.15) is 5.26 Å². The van der Waals surface area contributed by atoms with Gasteiger partial charge in [-0.25, -0.2) is 4.79 Å². The van der Waals surface area contributed by atoms with Crippen LogP contribution < -0.4 is 35.3 Å². The van der Waals surface area contributed by atoms with Crippen LogP contribution in [0.5, 0.6) is 11.5 Å². The molecule has 1 aliphatic heterocycles. The van der Waals surface area contributed by atoms with E-state index in [0.29, 0.717) is 22.7 Å². The molecule has 0 radical (unpaired) electrons. The molecule has 2 aromatic carbocycles. The largest absolute Gasteiger partial charge is 0.497 e. The first kappa shape index (κ1) is 25.3. The molecule has 0 saturated carbocycles. The van der Waals surface area contributed by atoms with Gasteiger partial charge in [-0.15, -0.1) is 11.3 Å². The number of esters is 1. The van der Waals surface area contributed by atoms with Crippen molar-refractivity contribution in [2.75, 3.05) is 26.6 Å². The molecule has 11 heteroatoms. The molecular weight excluding hydrogens is 496 g/mol. The Hall–Kier alpha value is -4.82. The van der Waals surface area contributed by atoms with Crippen molar-refractivity contribution in [3.05, 3.63) is 79.2 Å². The SMILES string of the molecule is COC(=O)/C=c1\sc2n(c1=O)C(N)=C(C#N)C(c1ccc(OC)cc1)C=2C(=O)Nc1ccc(OC)cc1. The van der Waals surface area contributed by atoms with Crippen molar-refractivity contribution in [3.8, 4) is 17.6 Å². The maximum absolute atomic E-state index is 13.8. The van der Waals surface area contributed by atoms with Gasteiger partial charge in [-0.1, -0.05) is 12.1 Å². The van der Waals surface area contributed by atoms with Crippen LogP contribution in [-0.2, 0) is 14.3 Å². The number of aromatic nitrogens is 1. The van der Waals surface area contributed by atoms with Crippen molar-refractivity contribution >= 4 is 46.4 Å². The van der Waals surface area contributed by atoms with Crippen molar-refractivity contribution in [3.63, 3.8) is 0 Å². The average Bonchev–Trinajstić information content (AvgIpc) is 3.24. The van der Waals surface area contributed by atoms with Crippen LogP contribution in [0.2, 0.25) is 0 Å². The minimum Gasteiger partial charge on any atom is -0.497 e. The summed E-state index contributed by atoms with van der Waals surface area (Å²) >= 11 is 0.909. The van der Waals surface area contributed by atoms with Crippen LogP contribution in [0.25, 0.3) is 17.5 Å². The van der Waals surface area contributed by atoms with E-state index in [0.717, 1.165) is 22.0 Å². The van der Waals surface area contributed by atoms with Crippen LogP contribution in [0.3, 0.4) is 0 Å². The Labute approximate surface area is 215 Å². The number of nitrogens with zero attached hydrogens (tertiary/aromatic N) is 2. The average molecular weight is 519 g/mol. The molecule has 3 aromatic rings. The van der Waals surface area contributed by atoms with E-state index in [4.69, 9.17) is 15.2 Å². The number of carbonyl (C=O) groups is 2. The number of anilines is 1. The van der Waals surface area contributed by atoms with E-state index in [1.165, 1.54) is 21.3 Å². The Morgan fingerprint density at radius 1 is 1.05 bits per heavy atom. The zero-order valence-corrected chi connectivity index (χ0v) is 20.9. The monoisotopic (exact) mass is 518 g/mol. The third kappa shape index (κ3) is 4.70. The second-order valence-electron chi connectivity index (χ2n) is 7.79. The number of nitrogens with two attached hydrogens (primary N) is 1. The molecule has 4 rings (SSSR count). The standard InChI is InChI=1S/C26H22N4O6S/c1-34-16-8-4-14(5-9-16)21-18(13-27)23(28)30-25(33)19(12-20(31)36-3)37-26(30)22(21)24(32)29-15-6-10-17(35-2)11-7-15/h4-12,21H,28H2,1-3H3,(H,29,32)/b19-12-. The van der Waals surface area contributed by atoms with Gasteiger partial charge in [0, 0.05) is 11.8 Å². The Morgan fingerprint density at radius 3 is 2.19 bits per heavy atom. The number of methoxy groups -OCH3 is 3. The van der Waals surface area contributed by atoms with Gasteiger partial charge in [0.05, 0.1) is 44.5 Å². The second kappa shape index (κ2) is 10.4. The number of fused-ring (bicyclic) bond motifs is 1. The highest BCUT2D eigenvalue weighted by molar-refractivity contribution is 7.07. The summed E-state index contributed by atoms with van der Waals surface area (Å²) in [7, 11) is 4.24. The van der Waals surface area contributed by atoms with Crippen LogP contribution in [0.1, 0.15) is 11.5 Å². The molecule has 0 spiro atoms. The third-order valence-corrected chi connectivity index (χ3v) is 6.87. The number of nitrogens with one attached hydrogen (secondary N) is 1. The van der Waals surface area contributed by atoms with Gasteiger partial charge in [0.25, 0.3) is 11.5 Å². The molecule has 0 aliphatic carbocycles. The molecule has 1 aromatic heterocycles. The number of rotatable bonds is 6. The number of thiazole rings is 1. The lowest BCUT2D eigenvalue weighted by Gasteiger charge is -2.25. The van der Waals surface area contributed by atoms with Crippen LogP contribution in [0, 0.1) is 11.3 Å². The number of allylic oxidation sites excluding steroid dienone is 1. The normalized spacial score (nSPS) is 15.0. The number of benzene rings is 2. The third-order valence-electron chi connectivity index (χ3n) is 5.76. The minimum absolute atomic E-state index is 0.00668. The highest BCUT2D eigenvalue weighted by Gasteiger charge is 2.35. The second-order valence-corrected chi connectivity index (χ2v) is 8.82. The lowest BCUT2D eigenvalue weighted by Crippen LogP contribution is -2.40. The van der Waals surface area contributed by atoms with Gasteiger partial charge in [0.1, 0.15) is 26.5 Å². The highest BCUT2D eigenvalue weighted by Crippen LogP contribution is 2.37. The number of amides is 1. The number of ether oxygens (including phenoxy) is 3. The molecule has 37 heavy (non-hydrogen) atoms. The van der Waals surface area contributed by atoms with Gasteiger partial charge >= 0.3 is 5.97 Å². The van der Waals surface area contributed by atoms with Crippen molar-refractivity contribution in [2.45, 2.75) is 5.92 Å². The summed E-state index contributed by atoms with van der Waals surface area (Å²) in [6.45, 7) is 0. The molecule has 0 saturated heterocycles. The Bertz CT molecular complexity index is 1630. The molecule has 188 valence electrons.